The van der Waals surface area contributed by atoms with Crippen LogP contribution in [-0.2, 0) is 6.42 Å². The van der Waals surface area contributed by atoms with Crippen molar-refractivity contribution in [2.45, 2.75) is 31.9 Å². The van der Waals surface area contributed by atoms with Gasteiger partial charge in [-0.05, 0) is 43.4 Å². The summed E-state index contributed by atoms with van der Waals surface area (Å²) in [7, 11) is 0. The van der Waals surface area contributed by atoms with E-state index in [4.69, 9.17) is 0 Å². The lowest BCUT2D eigenvalue weighted by Crippen LogP contribution is -2.36. The van der Waals surface area contributed by atoms with Crippen molar-refractivity contribution in [2.24, 2.45) is 5.92 Å². The van der Waals surface area contributed by atoms with E-state index in [0.717, 1.165) is 25.1 Å². The van der Waals surface area contributed by atoms with Crippen LogP contribution in [-0.4, -0.2) is 29.1 Å². The molecule has 116 valence electrons. The van der Waals surface area contributed by atoms with E-state index in [-0.39, 0.29) is 6.04 Å². The second-order valence-corrected chi connectivity index (χ2v) is 6.44. The van der Waals surface area contributed by atoms with Crippen LogP contribution in [0.2, 0.25) is 0 Å². The first-order valence-corrected chi connectivity index (χ1v) is 8.25. The minimum absolute atomic E-state index is 0.170. The third-order valence-corrected chi connectivity index (χ3v) is 4.86. The zero-order valence-corrected chi connectivity index (χ0v) is 13.2. The molecule has 0 unspecified atom stereocenters. The van der Waals surface area contributed by atoms with E-state index < -0.39 is 6.10 Å². The standard InChI is InChI=1S/C20H25NO/c1-16(20(22)19-10-6-3-7-11-19)21-13-12-18(15-21)14-17-8-4-2-5-9-17/h2-11,16,18,20,22H,12-15H2,1H3/t16-,18+,20-/m1/s1. The monoisotopic (exact) mass is 295 g/mol. The van der Waals surface area contributed by atoms with Gasteiger partial charge in [0.2, 0.25) is 0 Å². The molecule has 2 aromatic carbocycles. The Balaban J connectivity index is 1.58. The summed E-state index contributed by atoms with van der Waals surface area (Å²) >= 11 is 0. The molecule has 2 heteroatoms. The highest BCUT2D eigenvalue weighted by Crippen LogP contribution is 2.27. The smallest absolute Gasteiger partial charge is 0.0942 e. The maximum absolute atomic E-state index is 10.6. The van der Waals surface area contributed by atoms with E-state index in [0.29, 0.717) is 5.92 Å². The van der Waals surface area contributed by atoms with Gasteiger partial charge in [-0.15, -0.1) is 0 Å². The van der Waals surface area contributed by atoms with Gasteiger partial charge in [0.1, 0.15) is 0 Å². The van der Waals surface area contributed by atoms with Gasteiger partial charge in [0, 0.05) is 12.6 Å². The number of nitrogens with zero attached hydrogens (tertiary/aromatic N) is 1. The third-order valence-electron chi connectivity index (χ3n) is 4.86. The van der Waals surface area contributed by atoms with Crippen molar-refractivity contribution in [2.75, 3.05) is 13.1 Å². The fraction of sp³-hybridized carbons (Fsp3) is 0.400. The fourth-order valence-electron chi connectivity index (χ4n) is 3.47. The van der Waals surface area contributed by atoms with E-state index in [1.54, 1.807) is 0 Å². The van der Waals surface area contributed by atoms with Crippen molar-refractivity contribution in [3.8, 4) is 0 Å². The van der Waals surface area contributed by atoms with Crippen LogP contribution in [0.4, 0.5) is 0 Å². The van der Waals surface area contributed by atoms with Crippen molar-refractivity contribution in [3.63, 3.8) is 0 Å². The largest absolute Gasteiger partial charge is 0.387 e. The molecule has 0 aliphatic carbocycles. The van der Waals surface area contributed by atoms with Crippen LogP contribution < -0.4 is 0 Å². The van der Waals surface area contributed by atoms with E-state index in [1.165, 1.54) is 12.0 Å². The summed E-state index contributed by atoms with van der Waals surface area (Å²) in [6.45, 7) is 4.31. The van der Waals surface area contributed by atoms with Gasteiger partial charge >= 0.3 is 0 Å². The van der Waals surface area contributed by atoms with E-state index in [9.17, 15) is 5.11 Å². The number of rotatable bonds is 5. The molecule has 0 aromatic heterocycles. The summed E-state index contributed by atoms with van der Waals surface area (Å²) in [4.78, 5) is 2.44. The van der Waals surface area contributed by atoms with Crippen molar-refractivity contribution < 1.29 is 5.11 Å². The summed E-state index contributed by atoms with van der Waals surface area (Å²) in [6.07, 6.45) is 1.96. The normalized spacial score (nSPS) is 21.6. The molecule has 1 aliphatic rings. The Morgan fingerprint density at radius 3 is 2.36 bits per heavy atom. The SMILES string of the molecule is C[C@H]([C@@H](O)c1ccccc1)N1CC[C@@H](Cc2ccccc2)C1. The average Bonchev–Trinajstić information content (AvgIpc) is 3.04. The number of hydrogen-bond acceptors (Lipinski definition) is 2. The number of hydrogen-bond donors (Lipinski definition) is 1. The van der Waals surface area contributed by atoms with Crippen molar-refractivity contribution in [1.82, 2.24) is 4.90 Å². The van der Waals surface area contributed by atoms with Crippen molar-refractivity contribution in [1.29, 1.82) is 0 Å². The molecule has 0 saturated carbocycles. The fourth-order valence-corrected chi connectivity index (χ4v) is 3.47. The minimum atomic E-state index is -0.406. The molecular formula is C20H25NO. The first-order chi connectivity index (χ1) is 10.7. The minimum Gasteiger partial charge on any atom is -0.387 e. The molecular weight excluding hydrogens is 270 g/mol. The Labute approximate surface area is 133 Å². The number of aliphatic hydroxyl groups excluding tert-OH is 1. The molecule has 3 atom stereocenters. The predicted octanol–water partition coefficient (Wildman–Crippen LogP) is 3.67. The second kappa shape index (κ2) is 7.08. The first kappa shape index (κ1) is 15.3. The van der Waals surface area contributed by atoms with Crippen LogP contribution >= 0.6 is 0 Å². The summed E-state index contributed by atoms with van der Waals surface area (Å²) in [6, 6.07) is 20.9. The van der Waals surface area contributed by atoms with Crippen LogP contribution in [0.15, 0.2) is 60.7 Å². The Hall–Kier alpha value is -1.64. The first-order valence-electron chi connectivity index (χ1n) is 8.25. The maximum atomic E-state index is 10.6. The van der Waals surface area contributed by atoms with Gasteiger partial charge in [-0.1, -0.05) is 60.7 Å². The number of aliphatic hydroxyl groups is 1. The molecule has 2 aromatic rings. The zero-order chi connectivity index (χ0) is 15.4. The predicted molar refractivity (Wildman–Crippen MR) is 90.7 cm³/mol. The van der Waals surface area contributed by atoms with Gasteiger partial charge in [-0.25, -0.2) is 0 Å². The topological polar surface area (TPSA) is 23.5 Å². The summed E-state index contributed by atoms with van der Waals surface area (Å²) in [5.74, 6) is 0.702. The van der Waals surface area contributed by atoms with Crippen LogP contribution in [0.5, 0.6) is 0 Å². The highest BCUT2D eigenvalue weighted by molar-refractivity contribution is 5.19. The molecule has 0 spiro atoms. The summed E-state index contributed by atoms with van der Waals surface area (Å²) in [5, 5.41) is 10.6. The second-order valence-electron chi connectivity index (χ2n) is 6.44. The Morgan fingerprint density at radius 2 is 1.68 bits per heavy atom. The highest BCUT2D eigenvalue weighted by Gasteiger charge is 2.30. The molecule has 2 nitrogen and oxygen atoms in total. The lowest BCUT2D eigenvalue weighted by atomic mass is 9.98. The molecule has 0 radical (unpaired) electrons. The van der Waals surface area contributed by atoms with Gasteiger partial charge < -0.3 is 5.11 Å². The molecule has 1 fully saturated rings. The van der Waals surface area contributed by atoms with Crippen LogP contribution in [0.1, 0.15) is 30.6 Å². The molecule has 1 N–H and O–H groups in total. The molecule has 0 bridgehead atoms. The Bertz CT molecular complexity index is 569. The van der Waals surface area contributed by atoms with Gasteiger partial charge in [-0.3, -0.25) is 4.90 Å². The van der Waals surface area contributed by atoms with Gasteiger partial charge in [0.15, 0.2) is 0 Å². The molecule has 22 heavy (non-hydrogen) atoms. The average molecular weight is 295 g/mol. The molecule has 1 saturated heterocycles. The van der Waals surface area contributed by atoms with E-state index in [1.807, 2.05) is 30.3 Å². The lowest BCUT2D eigenvalue weighted by molar-refractivity contribution is 0.0694. The number of likely N-dealkylation sites (tertiary alicyclic amines) is 1. The number of benzene rings is 2. The maximum Gasteiger partial charge on any atom is 0.0942 e. The van der Waals surface area contributed by atoms with Gasteiger partial charge in [0.25, 0.3) is 0 Å². The van der Waals surface area contributed by atoms with E-state index in [2.05, 4.69) is 42.2 Å². The Kier molecular flexibility index (Phi) is 4.91. The highest BCUT2D eigenvalue weighted by atomic mass is 16.3. The van der Waals surface area contributed by atoms with Gasteiger partial charge in [-0.2, -0.15) is 0 Å². The zero-order valence-electron chi connectivity index (χ0n) is 13.2. The molecule has 0 amide bonds. The van der Waals surface area contributed by atoms with Crippen LogP contribution in [0.3, 0.4) is 0 Å². The Morgan fingerprint density at radius 1 is 1.05 bits per heavy atom. The summed E-state index contributed by atoms with van der Waals surface area (Å²) in [5.41, 5.74) is 2.44. The summed E-state index contributed by atoms with van der Waals surface area (Å²) < 4.78 is 0. The van der Waals surface area contributed by atoms with Crippen LogP contribution in [0.25, 0.3) is 0 Å². The molecule has 1 aliphatic heterocycles. The van der Waals surface area contributed by atoms with Crippen LogP contribution in [0, 0.1) is 5.92 Å². The molecule has 1 heterocycles. The molecule has 3 rings (SSSR count). The van der Waals surface area contributed by atoms with Gasteiger partial charge in [0.05, 0.1) is 6.10 Å². The van der Waals surface area contributed by atoms with Crippen molar-refractivity contribution in [3.05, 3.63) is 71.8 Å². The van der Waals surface area contributed by atoms with Crippen molar-refractivity contribution >= 4 is 0 Å². The lowest BCUT2D eigenvalue weighted by Gasteiger charge is -2.29. The quantitative estimate of drug-likeness (QED) is 0.909. The van der Waals surface area contributed by atoms with E-state index >= 15 is 0 Å². The third kappa shape index (κ3) is 3.57.